The van der Waals surface area contributed by atoms with Crippen LogP contribution in [-0.4, -0.2) is 26.1 Å². The molecule has 1 saturated carbocycles. The maximum atomic E-state index is 11.9. The Morgan fingerprint density at radius 3 is 2.75 bits per heavy atom. The third-order valence-corrected chi connectivity index (χ3v) is 3.86. The molecule has 0 unspecified atom stereocenters. The zero-order chi connectivity index (χ0) is 17.1. The van der Waals surface area contributed by atoms with Crippen molar-refractivity contribution in [1.82, 2.24) is 25.8 Å². The molecule has 3 rings (SSSR count). The molecule has 0 radical (unpaired) electrons. The molecule has 9 heteroatoms. The minimum Gasteiger partial charge on any atom is -0.332 e. The first-order chi connectivity index (χ1) is 11.5. The number of nitrogens with zero attached hydrogens (tertiary/aromatic N) is 3. The van der Waals surface area contributed by atoms with Crippen molar-refractivity contribution in [3.8, 4) is 0 Å². The Labute approximate surface area is 138 Å². The van der Waals surface area contributed by atoms with Gasteiger partial charge in [0.25, 0.3) is 5.69 Å². The van der Waals surface area contributed by atoms with E-state index >= 15 is 0 Å². The van der Waals surface area contributed by atoms with Gasteiger partial charge in [-0.25, -0.2) is 9.78 Å². The molecule has 1 heterocycles. The second-order valence-electron chi connectivity index (χ2n) is 5.81. The third kappa shape index (κ3) is 3.86. The van der Waals surface area contributed by atoms with Crippen LogP contribution in [0.25, 0.3) is 0 Å². The van der Waals surface area contributed by atoms with Crippen molar-refractivity contribution in [2.24, 2.45) is 0 Å². The van der Waals surface area contributed by atoms with Crippen LogP contribution in [0.1, 0.15) is 48.9 Å². The predicted octanol–water partition coefficient (Wildman–Crippen LogP) is 2.15. The van der Waals surface area contributed by atoms with E-state index in [9.17, 15) is 14.9 Å². The van der Waals surface area contributed by atoms with Crippen molar-refractivity contribution < 1.29 is 9.72 Å². The normalized spacial score (nSPS) is 14.9. The van der Waals surface area contributed by atoms with E-state index in [1.54, 1.807) is 19.1 Å². The molecule has 3 N–H and O–H groups in total. The number of H-pyrrole nitrogens is 1. The fourth-order valence-electron chi connectivity index (χ4n) is 2.29. The summed E-state index contributed by atoms with van der Waals surface area (Å²) in [5.41, 5.74) is 0.804. The minimum absolute atomic E-state index is 0.0205. The van der Waals surface area contributed by atoms with Gasteiger partial charge in [0, 0.05) is 18.1 Å². The number of aromatic nitrogens is 3. The maximum Gasteiger partial charge on any atom is 0.315 e. The summed E-state index contributed by atoms with van der Waals surface area (Å²) in [5, 5.41) is 23.1. The Balaban J connectivity index is 1.48. The average Bonchev–Trinajstić information content (AvgIpc) is 3.31. The largest absolute Gasteiger partial charge is 0.332 e. The highest BCUT2D eigenvalue weighted by molar-refractivity contribution is 5.74. The highest BCUT2D eigenvalue weighted by Gasteiger charge is 2.27. The van der Waals surface area contributed by atoms with Gasteiger partial charge in [0.2, 0.25) is 0 Å². The van der Waals surface area contributed by atoms with Crippen molar-refractivity contribution in [2.75, 3.05) is 0 Å². The molecule has 2 aromatic rings. The van der Waals surface area contributed by atoms with Crippen molar-refractivity contribution in [1.29, 1.82) is 0 Å². The number of nitro benzene ring substituents is 1. The molecule has 1 aromatic heterocycles. The highest BCUT2D eigenvalue weighted by atomic mass is 16.6. The quantitative estimate of drug-likeness (QED) is 0.552. The molecular formula is C15H18N6O3. The van der Waals surface area contributed by atoms with Crippen molar-refractivity contribution >= 4 is 11.7 Å². The van der Waals surface area contributed by atoms with Crippen LogP contribution in [0.15, 0.2) is 24.3 Å². The number of hydrogen-bond acceptors (Lipinski definition) is 5. The van der Waals surface area contributed by atoms with E-state index in [0.29, 0.717) is 11.7 Å². The molecule has 1 aliphatic carbocycles. The third-order valence-electron chi connectivity index (χ3n) is 3.86. The second kappa shape index (κ2) is 6.65. The molecule has 1 aromatic carbocycles. The van der Waals surface area contributed by atoms with Crippen LogP contribution in [0.4, 0.5) is 10.5 Å². The van der Waals surface area contributed by atoms with Gasteiger partial charge in [0.05, 0.1) is 17.5 Å². The molecule has 0 saturated heterocycles. The molecule has 1 atom stereocenters. The van der Waals surface area contributed by atoms with E-state index in [1.165, 1.54) is 12.1 Å². The summed E-state index contributed by atoms with van der Waals surface area (Å²) in [6.45, 7) is 2.07. The Bertz CT molecular complexity index is 738. The molecule has 2 amide bonds. The molecule has 0 spiro atoms. The summed E-state index contributed by atoms with van der Waals surface area (Å²) in [5.74, 6) is 1.90. The smallest absolute Gasteiger partial charge is 0.315 e. The Hall–Kier alpha value is -2.97. The van der Waals surface area contributed by atoms with Crippen molar-refractivity contribution in [3.05, 3.63) is 51.6 Å². The molecule has 1 aliphatic rings. The molecular weight excluding hydrogens is 312 g/mol. The monoisotopic (exact) mass is 330 g/mol. The zero-order valence-electron chi connectivity index (χ0n) is 13.2. The van der Waals surface area contributed by atoms with Gasteiger partial charge in [0.1, 0.15) is 5.82 Å². The van der Waals surface area contributed by atoms with Crippen LogP contribution in [0.3, 0.4) is 0 Å². The standard InChI is InChI=1S/C15H18N6O3/c1-9(10-4-6-12(7-5-10)21(23)24)17-15(22)16-8-13-18-14(20-19-13)11-2-3-11/h4-7,9,11H,2-3,8H2,1H3,(H2,16,17,22)(H,18,19,20)/t9-/m0/s1. The molecule has 1 fully saturated rings. The van der Waals surface area contributed by atoms with E-state index in [1.807, 2.05) is 0 Å². The molecule has 0 aliphatic heterocycles. The summed E-state index contributed by atoms with van der Waals surface area (Å²) < 4.78 is 0. The van der Waals surface area contributed by atoms with Crippen LogP contribution in [0.5, 0.6) is 0 Å². The number of benzene rings is 1. The van der Waals surface area contributed by atoms with Gasteiger partial charge >= 0.3 is 6.03 Å². The average molecular weight is 330 g/mol. The summed E-state index contributed by atoms with van der Waals surface area (Å²) in [6, 6.07) is 5.47. The van der Waals surface area contributed by atoms with Gasteiger partial charge < -0.3 is 10.6 Å². The first-order valence-corrected chi connectivity index (χ1v) is 7.73. The fraction of sp³-hybridized carbons (Fsp3) is 0.400. The highest BCUT2D eigenvalue weighted by Crippen LogP contribution is 2.37. The van der Waals surface area contributed by atoms with Gasteiger partial charge in [-0.15, -0.1) is 0 Å². The van der Waals surface area contributed by atoms with Gasteiger partial charge in [-0.05, 0) is 25.3 Å². The van der Waals surface area contributed by atoms with Crippen LogP contribution in [0, 0.1) is 10.1 Å². The lowest BCUT2D eigenvalue weighted by Crippen LogP contribution is -2.36. The SMILES string of the molecule is C[C@H](NC(=O)NCc1nc(C2CC2)n[nH]1)c1ccc([N+](=O)[O-])cc1. The Kier molecular flexibility index (Phi) is 4.41. The lowest BCUT2D eigenvalue weighted by atomic mass is 10.1. The van der Waals surface area contributed by atoms with Crippen molar-refractivity contribution in [3.63, 3.8) is 0 Å². The zero-order valence-corrected chi connectivity index (χ0v) is 13.2. The lowest BCUT2D eigenvalue weighted by Gasteiger charge is -2.14. The van der Waals surface area contributed by atoms with Crippen LogP contribution < -0.4 is 10.6 Å². The van der Waals surface area contributed by atoms with E-state index in [0.717, 1.165) is 24.2 Å². The second-order valence-corrected chi connectivity index (χ2v) is 5.81. The number of hydrogen-bond donors (Lipinski definition) is 3. The number of nitro groups is 1. The molecule has 24 heavy (non-hydrogen) atoms. The van der Waals surface area contributed by atoms with Crippen LogP contribution in [0.2, 0.25) is 0 Å². The minimum atomic E-state index is -0.456. The Morgan fingerprint density at radius 1 is 1.42 bits per heavy atom. The molecule has 126 valence electrons. The number of amides is 2. The summed E-state index contributed by atoms with van der Waals surface area (Å²) in [7, 11) is 0. The number of carbonyl (C=O) groups is 1. The van der Waals surface area contributed by atoms with Crippen molar-refractivity contribution in [2.45, 2.75) is 38.3 Å². The first-order valence-electron chi connectivity index (χ1n) is 7.73. The summed E-state index contributed by atoms with van der Waals surface area (Å²) in [4.78, 5) is 26.5. The number of urea groups is 1. The topological polar surface area (TPSA) is 126 Å². The van der Waals surface area contributed by atoms with Gasteiger partial charge in [-0.3, -0.25) is 15.2 Å². The van der Waals surface area contributed by atoms with Gasteiger partial charge in [-0.2, -0.15) is 5.10 Å². The Morgan fingerprint density at radius 2 is 2.12 bits per heavy atom. The lowest BCUT2D eigenvalue weighted by molar-refractivity contribution is -0.384. The predicted molar refractivity (Wildman–Crippen MR) is 85.2 cm³/mol. The van der Waals surface area contributed by atoms with E-state index in [2.05, 4.69) is 25.8 Å². The number of carbonyl (C=O) groups excluding carboxylic acids is 1. The van der Waals surface area contributed by atoms with E-state index in [-0.39, 0.29) is 24.3 Å². The first kappa shape index (κ1) is 15.9. The summed E-state index contributed by atoms with van der Waals surface area (Å²) in [6.07, 6.45) is 2.25. The van der Waals surface area contributed by atoms with Crippen LogP contribution in [-0.2, 0) is 6.54 Å². The van der Waals surface area contributed by atoms with E-state index < -0.39 is 4.92 Å². The number of non-ortho nitro benzene ring substituents is 1. The van der Waals surface area contributed by atoms with Gasteiger partial charge in [0.15, 0.2) is 5.82 Å². The molecule has 0 bridgehead atoms. The molecule has 9 nitrogen and oxygen atoms in total. The number of aromatic amines is 1. The summed E-state index contributed by atoms with van der Waals surface area (Å²) >= 11 is 0. The van der Waals surface area contributed by atoms with Gasteiger partial charge in [-0.1, -0.05) is 12.1 Å². The maximum absolute atomic E-state index is 11.9. The fourth-order valence-corrected chi connectivity index (χ4v) is 2.29. The van der Waals surface area contributed by atoms with Crippen LogP contribution >= 0.6 is 0 Å². The number of rotatable bonds is 6. The number of nitrogens with one attached hydrogen (secondary N) is 3. The van der Waals surface area contributed by atoms with E-state index in [4.69, 9.17) is 0 Å².